The molecule has 0 N–H and O–H groups in total. The molecule has 0 aliphatic carbocycles. The van der Waals surface area contributed by atoms with Crippen molar-refractivity contribution < 1.29 is 0 Å². The quantitative estimate of drug-likeness (QED) is 0.328. The Bertz CT molecular complexity index is 1070. The highest BCUT2D eigenvalue weighted by Crippen LogP contribution is 2.46. The third-order valence-corrected chi connectivity index (χ3v) is 6.20. The predicted octanol–water partition coefficient (Wildman–Crippen LogP) is 7.08. The predicted molar refractivity (Wildman–Crippen MR) is 111 cm³/mol. The lowest BCUT2D eigenvalue weighted by atomic mass is 9.88. The van der Waals surface area contributed by atoms with Crippen LogP contribution in [-0.2, 0) is 6.42 Å². The molecular weight excluding hydrogens is 332 g/mol. The summed E-state index contributed by atoms with van der Waals surface area (Å²) in [5.74, 6) is 0. The molecule has 124 valence electrons. The molecule has 4 aromatic carbocycles. The molecule has 0 aromatic heterocycles. The summed E-state index contributed by atoms with van der Waals surface area (Å²) in [6, 6.07) is 34.9. The number of benzene rings is 4. The maximum Gasteiger partial charge on any atom is 0.0164 e. The first-order valence-corrected chi connectivity index (χ1v) is 9.74. The summed E-state index contributed by atoms with van der Waals surface area (Å²) < 4.78 is 0. The minimum atomic E-state index is 0.989. The van der Waals surface area contributed by atoms with Gasteiger partial charge in [-0.15, -0.1) is 0 Å². The van der Waals surface area contributed by atoms with Crippen LogP contribution >= 0.6 is 11.8 Å². The van der Waals surface area contributed by atoms with Gasteiger partial charge in [-0.2, -0.15) is 0 Å². The first-order valence-electron chi connectivity index (χ1n) is 8.92. The minimum absolute atomic E-state index is 0.989. The fourth-order valence-corrected chi connectivity index (χ4v) is 4.84. The molecule has 1 heterocycles. The second kappa shape index (κ2) is 6.51. The molecule has 0 saturated carbocycles. The van der Waals surface area contributed by atoms with Crippen LogP contribution in [0.1, 0.15) is 11.1 Å². The second-order valence-corrected chi connectivity index (χ2v) is 7.67. The molecule has 0 fully saturated rings. The van der Waals surface area contributed by atoms with E-state index in [0.29, 0.717) is 0 Å². The standard InChI is InChI=1S/C25H18S/c1-3-9-18(10-4-1)21-15-16-24-22(25(21)19-11-5-2-6-12-19)17-20-13-7-8-14-23(20)26-24/h1-16H,17H2. The van der Waals surface area contributed by atoms with Crippen molar-refractivity contribution in [2.45, 2.75) is 16.2 Å². The van der Waals surface area contributed by atoms with E-state index in [1.165, 1.54) is 43.2 Å². The molecule has 0 spiro atoms. The minimum Gasteiger partial charge on any atom is -0.0895 e. The van der Waals surface area contributed by atoms with Crippen molar-refractivity contribution in [2.24, 2.45) is 0 Å². The van der Waals surface area contributed by atoms with Gasteiger partial charge >= 0.3 is 0 Å². The molecule has 1 aliphatic rings. The Morgan fingerprint density at radius 3 is 1.96 bits per heavy atom. The molecule has 0 nitrogen and oxygen atoms in total. The van der Waals surface area contributed by atoms with Gasteiger partial charge in [-0.05, 0) is 45.5 Å². The van der Waals surface area contributed by atoms with Crippen LogP contribution in [0, 0.1) is 0 Å². The van der Waals surface area contributed by atoms with Gasteiger partial charge < -0.3 is 0 Å². The van der Waals surface area contributed by atoms with E-state index in [-0.39, 0.29) is 0 Å². The smallest absolute Gasteiger partial charge is 0.0164 e. The maximum absolute atomic E-state index is 2.30. The molecule has 0 saturated heterocycles. The van der Waals surface area contributed by atoms with E-state index >= 15 is 0 Å². The lowest BCUT2D eigenvalue weighted by Gasteiger charge is -2.24. The van der Waals surface area contributed by atoms with Crippen LogP contribution < -0.4 is 0 Å². The SMILES string of the molecule is c1ccc(-c2ccc3c(c2-c2ccccc2)Cc2ccccc2S3)cc1. The van der Waals surface area contributed by atoms with Crippen molar-refractivity contribution in [3.05, 3.63) is 108 Å². The highest BCUT2D eigenvalue weighted by Gasteiger charge is 2.22. The average molecular weight is 350 g/mol. The van der Waals surface area contributed by atoms with Gasteiger partial charge in [0.25, 0.3) is 0 Å². The Morgan fingerprint density at radius 2 is 1.19 bits per heavy atom. The number of hydrogen-bond acceptors (Lipinski definition) is 1. The monoisotopic (exact) mass is 350 g/mol. The molecule has 5 rings (SSSR count). The second-order valence-electron chi connectivity index (χ2n) is 6.58. The molecule has 1 aliphatic heterocycles. The maximum atomic E-state index is 2.30. The van der Waals surface area contributed by atoms with Crippen molar-refractivity contribution in [3.63, 3.8) is 0 Å². The number of hydrogen-bond donors (Lipinski definition) is 0. The lowest BCUT2D eigenvalue weighted by molar-refractivity contribution is 1.06. The van der Waals surface area contributed by atoms with Crippen LogP contribution in [0.15, 0.2) is 107 Å². The van der Waals surface area contributed by atoms with Gasteiger partial charge in [-0.3, -0.25) is 0 Å². The summed E-state index contributed by atoms with van der Waals surface area (Å²) >= 11 is 1.90. The third kappa shape index (κ3) is 2.65. The lowest BCUT2D eigenvalue weighted by Crippen LogP contribution is -2.03. The van der Waals surface area contributed by atoms with Crippen LogP contribution in [0.25, 0.3) is 22.3 Å². The van der Waals surface area contributed by atoms with Crippen molar-refractivity contribution >= 4 is 11.8 Å². The van der Waals surface area contributed by atoms with Gasteiger partial charge in [0.1, 0.15) is 0 Å². The number of fused-ring (bicyclic) bond motifs is 2. The summed E-state index contributed by atoms with van der Waals surface area (Å²) in [6.07, 6.45) is 0.989. The van der Waals surface area contributed by atoms with Crippen molar-refractivity contribution in [1.29, 1.82) is 0 Å². The van der Waals surface area contributed by atoms with Crippen molar-refractivity contribution in [3.8, 4) is 22.3 Å². The van der Waals surface area contributed by atoms with Gasteiger partial charge in [-0.25, -0.2) is 0 Å². The molecule has 1 heteroatoms. The number of rotatable bonds is 2. The zero-order chi connectivity index (χ0) is 17.3. The van der Waals surface area contributed by atoms with E-state index < -0.39 is 0 Å². The van der Waals surface area contributed by atoms with Gasteiger partial charge in [0.2, 0.25) is 0 Å². The van der Waals surface area contributed by atoms with E-state index in [1.54, 1.807) is 0 Å². The van der Waals surface area contributed by atoms with Gasteiger partial charge in [0.15, 0.2) is 0 Å². The van der Waals surface area contributed by atoms with E-state index in [9.17, 15) is 0 Å². The van der Waals surface area contributed by atoms with E-state index in [2.05, 4.69) is 97.1 Å². The Morgan fingerprint density at radius 1 is 0.538 bits per heavy atom. The highest BCUT2D eigenvalue weighted by atomic mass is 32.2. The van der Waals surface area contributed by atoms with Crippen LogP contribution in [0.3, 0.4) is 0 Å². The first-order chi connectivity index (χ1) is 12.9. The fourth-order valence-electron chi connectivity index (χ4n) is 3.75. The molecule has 0 radical (unpaired) electrons. The van der Waals surface area contributed by atoms with Gasteiger partial charge in [-0.1, -0.05) is 96.7 Å². The molecular formula is C25H18S. The summed E-state index contributed by atoms with van der Waals surface area (Å²) in [6.45, 7) is 0. The van der Waals surface area contributed by atoms with Crippen LogP contribution in [0.4, 0.5) is 0 Å². The van der Waals surface area contributed by atoms with Crippen LogP contribution in [0.2, 0.25) is 0 Å². The van der Waals surface area contributed by atoms with Gasteiger partial charge in [0, 0.05) is 16.2 Å². The Kier molecular flexibility index (Phi) is 3.88. The Labute approximate surface area is 158 Å². The summed E-state index contributed by atoms with van der Waals surface area (Å²) in [5, 5.41) is 0. The average Bonchev–Trinajstić information content (AvgIpc) is 2.72. The zero-order valence-corrected chi connectivity index (χ0v) is 15.2. The van der Waals surface area contributed by atoms with Crippen molar-refractivity contribution in [1.82, 2.24) is 0 Å². The summed E-state index contributed by atoms with van der Waals surface area (Å²) in [4.78, 5) is 2.76. The van der Waals surface area contributed by atoms with E-state index in [4.69, 9.17) is 0 Å². The van der Waals surface area contributed by atoms with Crippen LogP contribution in [0.5, 0.6) is 0 Å². The largest absolute Gasteiger partial charge is 0.0895 e. The summed E-state index contributed by atoms with van der Waals surface area (Å²) in [5.41, 5.74) is 8.13. The Balaban J connectivity index is 1.77. The van der Waals surface area contributed by atoms with E-state index in [1.807, 2.05) is 11.8 Å². The third-order valence-electron chi connectivity index (χ3n) is 4.98. The highest BCUT2D eigenvalue weighted by molar-refractivity contribution is 7.99. The molecule has 0 atom stereocenters. The first kappa shape index (κ1) is 15.5. The topological polar surface area (TPSA) is 0 Å². The molecule has 0 unspecified atom stereocenters. The normalized spacial score (nSPS) is 12.3. The van der Waals surface area contributed by atoms with Gasteiger partial charge in [0.05, 0.1) is 0 Å². The molecule has 4 aromatic rings. The zero-order valence-electron chi connectivity index (χ0n) is 14.4. The molecule has 0 amide bonds. The molecule has 0 bridgehead atoms. The fraction of sp³-hybridized carbons (Fsp3) is 0.0400. The van der Waals surface area contributed by atoms with Crippen molar-refractivity contribution in [2.75, 3.05) is 0 Å². The van der Waals surface area contributed by atoms with E-state index in [0.717, 1.165) is 6.42 Å². The summed E-state index contributed by atoms with van der Waals surface area (Å²) in [7, 11) is 0. The Hall–Kier alpha value is -2.77. The molecule has 26 heavy (non-hydrogen) atoms. The van der Waals surface area contributed by atoms with Crippen LogP contribution in [-0.4, -0.2) is 0 Å².